The largest absolute Gasteiger partial charge is 0.357 e. The second-order valence-electron chi connectivity index (χ2n) is 6.03. The lowest BCUT2D eigenvalue weighted by molar-refractivity contribution is 0.568. The Balaban J connectivity index is 1.74. The van der Waals surface area contributed by atoms with Crippen LogP contribution in [0, 0.1) is 6.92 Å². The molecule has 0 amide bonds. The van der Waals surface area contributed by atoms with Crippen molar-refractivity contribution in [2.24, 2.45) is 7.05 Å². The quantitative estimate of drug-likeness (QED) is 0.864. The highest BCUT2D eigenvalue weighted by Crippen LogP contribution is 2.18. The van der Waals surface area contributed by atoms with Gasteiger partial charge in [0.2, 0.25) is 0 Å². The fourth-order valence-corrected chi connectivity index (χ4v) is 3.70. The first-order valence-electron chi connectivity index (χ1n) is 8.01. The van der Waals surface area contributed by atoms with Gasteiger partial charge in [0.1, 0.15) is 11.6 Å². The Kier molecular flexibility index (Phi) is 4.81. The van der Waals surface area contributed by atoms with Crippen molar-refractivity contribution >= 4 is 15.8 Å². The SMILES string of the molecule is Cc1cc(N2CCCCC2)nc(CNS(=O)(=O)c2cn(C)cn2)n1. The van der Waals surface area contributed by atoms with Crippen LogP contribution < -0.4 is 9.62 Å². The van der Waals surface area contributed by atoms with Gasteiger partial charge < -0.3 is 9.47 Å². The van der Waals surface area contributed by atoms with Crippen LogP contribution in [0.1, 0.15) is 30.8 Å². The van der Waals surface area contributed by atoms with Crippen LogP contribution in [-0.2, 0) is 23.6 Å². The molecule has 2 aromatic rings. The third-order valence-electron chi connectivity index (χ3n) is 3.94. The first-order chi connectivity index (χ1) is 11.4. The molecule has 0 aliphatic carbocycles. The lowest BCUT2D eigenvalue weighted by atomic mass is 10.1. The highest BCUT2D eigenvalue weighted by atomic mass is 32.2. The van der Waals surface area contributed by atoms with Gasteiger partial charge in [-0.2, -0.15) is 0 Å². The molecular weight excluding hydrogens is 328 g/mol. The van der Waals surface area contributed by atoms with Gasteiger partial charge in [-0.05, 0) is 26.2 Å². The Morgan fingerprint density at radius 1 is 1.21 bits per heavy atom. The summed E-state index contributed by atoms with van der Waals surface area (Å²) in [5.41, 5.74) is 0.831. The van der Waals surface area contributed by atoms with Crippen molar-refractivity contribution in [3.05, 3.63) is 30.1 Å². The van der Waals surface area contributed by atoms with Crippen LogP contribution in [0.15, 0.2) is 23.6 Å². The maximum atomic E-state index is 12.2. The fraction of sp³-hybridized carbons (Fsp3) is 0.533. The summed E-state index contributed by atoms with van der Waals surface area (Å²) in [6.45, 7) is 3.90. The molecule has 3 rings (SSSR count). The third kappa shape index (κ3) is 3.90. The lowest BCUT2D eigenvalue weighted by Crippen LogP contribution is -2.31. The zero-order chi connectivity index (χ0) is 17.2. The van der Waals surface area contributed by atoms with Crippen LogP contribution >= 0.6 is 0 Å². The molecule has 3 heterocycles. The van der Waals surface area contributed by atoms with Crippen molar-refractivity contribution in [1.82, 2.24) is 24.2 Å². The average molecular weight is 350 g/mol. The number of nitrogens with one attached hydrogen (secondary N) is 1. The van der Waals surface area contributed by atoms with E-state index in [1.165, 1.54) is 18.9 Å². The summed E-state index contributed by atoms with van der Waals surface area (Å²) in [5, 5.41) is -0.00564. The summed E-state index contributed by atoms with van der Waals surface area (Å²) in [6, 6.07) is 1.95. The van der Waals surface area contributed by atoms with Crippen LogP contribution in [0.25, 0.3) is 0 Å². The molecule has 0 spiro atoms. The number of rotatable bonds is 5. The van der Waals surface area contributed by atoms with Crippen LogP contribution in [0.5, 0.6) is 0 Å². The Morgan fingerprint density at radius 3 is 2.62 bits per heavy atom. The Labute approximate surface area is 142 Å². The Morgan fingerprint density at radius 2 is 1.96 bits per heavy atom. The standard InChI is InChI=1S/C15H22N6O2S/c1-12-8-14(21-6-4-3-5-7-21)19-13(18-12)9-17-24(22,23)15-10-20(2)11-16-15/h8,10-11,17H,3-7,9H2,1-2H3. The van der Waals surface area contributed by atoms with E-state index in [4.69, 9.17) is 0 Å². The zero-order valence-corrected chi connectivity index (χ0v) is 14.8. The number of hydrogen-bond acceptors (Lipinski definition) is 6. The third-order valence-corrected chi connectivity index (χ3v) is 5.23. The molecule has 8 nitrogen and oxygen atoms in total. The van der Waals surface area contributed by atoms with Crippen molar-refractivity contribution in [1.29, 1.82) is 0 Å². The number of aromatic nitrogens is 4. The van der Waals surface area contributed by atoms with E-state index in [2.05, 4.69) is 24.6 Å². The first-order valence-corrected chi connectivity index (χ1v) is 9.49. The van der Waals surface area contributed by atoms with Gasteiger partial charge >= 0.3 is 0 Å². The van der Waals surface area contributed by atoms with Crippen molar-refractivity contribution in [2.75, 3.05) is 18.0 Å². The maximum absolute atomic E-state index is 12.2. The van der Waals surface area contributed by atoms with Gasteiger partial charge in [-0.15, -0.1) is 0 Å². The summed E-state index contributed by atoms with van der Waals surface area (Å²) in [6.07, 6.45) is 6.47. The summed E-state index contributed by atoms with van der Waals surface area (Å²) >= 11 is 0. The predicted octanol–water partition coefficient (Wildman–Crippen LogP) is 0.987. The highest BCUT2D eigenvalue weighted by molar-refractivity contribution is 7.89. The lowest BCUT2D eigenvalue weighted by Gasteiger charge is -2.28. The van der Waals surface area contributed by atoms with Gasteiger partial charge in [-0.1, -0.05) is 0 Å². The number of imidazole rings is 1. The average Bonchev–Trinajstić information content (AvgIpc) is 3.01. The molecule has 130 valence electrons. The van der Waals surface area contributed by atoms with Crippen LogP contribution in [0.3, 0.4) is 0 Å². The monoisotopic (exact) mass is 350 g/mol. The molecular formula is C15H22N6O2S. The molecule has 2 aromatic heterocycles. The molecule has 0 aromatic carbocycles. The van der Waals surface area contributed by atoms with Crippen molar-refractivity contribution in [3.8, 4) is 0 Å². The van der Waals surface area contributed by atoms with Gasteiger partial charge in [0.05, 0.1) is 12.9 Å². The molecule has 9 heteroatoms. The van der Waals surface area contributed by atoms with Gasteiger partial charge in [0.25, 0.3) is 10.0 Å². The van der Waals surface area contributed by atoms with E-state index in [-0.39, 0.29) is 11.6 Å². The van der Waals surface area contributed by atoms with Crippen molar-refractivity contribution < 1.29 is 8.42 Å². The molecule has 1 saturated heterocycles. The van der Waals surface area contributed by atoms with E-state index in [0.717, 1.165) is 37.4 Å². The molecule has 0 bridgehead atoms. The van der Waals surface area contributed by atoms with Crippen molar-refractivity contribution in [2.45, 2.75) is 37.8 Å². The molecule has 0 saturated carbocycles. The second-order valence-corrected chi connectivity index (χ2v) is 7.75. The van der Waals surface area contributed by atoms with Crippen LogP contribution in [0.4, 0.5) is 5.82 Å². The van der Waals surface area contributed by atoms with E-state index >= 15 is 0 Å². The maximum Gasteiger partial charge on any atom is 0.259 e. The van der Waals surface area contributed by atoms with Crippen LogP contribution in [0.2, 0.25) is 0 Å². The zero-order valence-electron chi connectivity index (χ0n) is 13.9. The number of aryl methyl sites for hydroxylation is 2. The van der Waals surface area contributed by atoms with Gasteiger partial charge in [-0.25, -0.2) is 28.1 Å². The molecule has 1 aliphatic heterocycles. The molecule has 24 heavy (non-hydrogen) atoms. The normalized spacial score (nSPS) is 15.7. The first kappa shape index (κ1) is 16.8. The number of anilines is 1. The molecule has 1 N–H and O–H groups in total. The van der Waals surface area contributed by atoms with Gasteiger partial charge in [-0.3, -0.25) is 0 Å². The Bertz CT molecular complexity index is 811. The van der Waals surface area contributed by atoms with Gasteiger partial charge in [0, 0.05) is 38.1 Å². The van der Waals surface area contributed by atoms with Crippen LogP contribution in [-0.4, -0.2) is 41.0 Å². The van der Waals surface area contributed by atoms with E-state index in [0.29, 0.717) is 5.82 Å². The summed E-state index contributed by atoms with van der Waals surface area (Å²) in [7, 11) is -1.94. The minimum absolute atomic E-state index is 0.00564. The summed E-state index contributed by atoms with van der Waals surface area (Å²) in [5.74, 6) is 1.34. The van der Waals surface area contributed by atoms with E-state index in [1.54, 1.807) is 11.6 Å². The number of piperidine rings is 1. The number of hydrogen-bond donors (Lipinski definition) is 1. The smallest absolute Gasteiger partial charge is 0.259 e. The van der Waals surface area contributed by atoms with E-state index in [1.807, 2.05) is 13.0 Å². The molecule has 0 atom stereocenters. The predicted molar refractivity (Wildman–Crippen MR) is 90.1 cm³/mol. The molecule has 0 unspecified atom stereocenters. The fourth-order valence-electron chi connectivity index (χ4n) is 2.74. The highest BCUT2D eigenvalue weighted by Gasteiger charge is 2.18. The second kappa shape index (κ2) is 6.86. The number of nitrogens with zero attached hydrogens (tertiary/aromatic N) is 5. The molecule has 1 fully saturated rings. The van der Waals surface area contributed by atoms with Gasteiger partial charge in [0.15, 0.2) is 5.03 Å². The summed E-state index contributed by atoms with van der Waals surface area (Å²) < 4.78 is 28.6. The van der Waals surface area contributed by atoms with Crippen molar-refractivity contribution in [3.63, 3.8) is 0 Å². The summed E-state index contributed by atoms with van der Waals surface area (Å²) in [4.78, 5) is 15.0. The minimum atomic E-state index is -3.66. The topological polar surface area (TPSA) is 93.0 Å². The molecule has 1 aliphatic rings. The molecule has 0 radical (unpaired) electrons. The van der Waals surface area contributed by atoms with E-state index in [9.17, 15) is 8.42 Å². The number of sulfonamides is 1. The Hall–Kier alpha value is -2.00. The minimum Gasteiger partial charge on any atom is -0.357 e. The van der Waals surface area contributed by atoms with E-state index < -0.39 is 10.0 Å².